The van der Waals surface area contributed by atoms with Gasteiger partial charge < -0.3 is 15.8 Å². The summed E-state index contributed by atoms with van der Waals surface area (Å²) >= 11 is 0. The number of guanidine groups is 1. The minimum atomic E-state index is -3.88. The smallest absolute Gasteiger partial charge is 0.321 e. The Labute approximate surface area is 194 Å². The topological polar surface area (TPSA) is 117 Å². The molecule has 2 aromatic rings. The van der Waals surface area contributed by atoms with Crippen LogP contribution in [-0.4, -0.2) is 51.5 Å². The maximum atomic E-state index is 13.4. The normalized spacial score (nSPS) is 17.6. The molecule has 33 heavy (non-hydrogen) atoms. The number of unbranched alkanes of at least 4 members (excludes halogenated alkanes) is 1. The van der Waals surface area contributed by atoms with Gasteiger partial charge in [0, 0.05) is 18.8 Å². The second kappa shape index (κ2) is 9.30. The molecule has 9 nitrogen and oxygen atoms in total. The molecule has 2 aromatic carbocycles. The van der Waals surface area contributed by atoms with Gasteiger partial charge in [-0.3, -0.25) is 4.90 Å². The Hall–Kier alpha value is -3.27. The Morgan fingerprint density at radius 1 is 1.24 bits per heavy atom. The lowest BCUT2D eigenvalue weighted by atomic mass is 10.1. The Balaban J connectivity index is 1.51. The number of hydrogen-bond acceptors (Lipinski definition) is 6. The minimum absolute atomic E-state index is 0.0340. The highest BCUT2D eigenvalue weighted by molar-refractivity contribution is 7.89. The first kappa shape index (κ1) is 22.9. The van der Waals surface area contributed by atoms with Gasteiger partial charge in [-0.25, -0.2) is 22.5 Å². The lowest BCUT2D eigenvalue weighted by Crippen LogP contribution is -2.39. The van der Waals surface area contributed by atoms with Gasteiger partial charge in [0.1, 0.15) is 5.75 Å². The molecule has 2 aliphatic rings. The highest BCUT2D eigenvalue weighted by Gasteiger charge is 2.35. The van der Waals surface area contributed by atoms with Gasteiger partial charge in [0.15, 0.2) is 0 Å². The fraction of sp³-hybridized carbons (Fsp3) is 0.391. The summed E-state index contributed by atoms with van der Waals surface area (Å²) in [5.74, 6) is 0.678. The quantitative estimate of drug-likeness (QED) is 0.602. The van der Waals surface area contributed by atoms with E-state index in [1.165, 1.54) is 6.07 Å². The number of rotatable bonds is 7. The first-order valence-electron chi connectivity index (χ1n) is 11.0. The molecule has 3 N–H and O–H groups in total. The van der Waals surface area contributed by atoms with Crippen molar-refractivity contribution in [2.45, 2.75) is 37.1 Å². The maximum Gasteiger partial charge on any atom is 0.321 e. The van der Waals surface area contributed by atoms with Crippen LogP contribution in [0.2, 0.25) is 0 Å². The summed E-state index contributed by atoms with van der Waals surface area (Å²) in [6, 6.07) is 11.6. The van der Waals surface area contributed by atoms with Gasteiger partial charge in [0.2, 0.25) is 5.96 Å². The molecule has 0 saturated heterocycles. The molecule has 2 heterocycles. The van der Waals surface area contributed by atoms with Crippen LogP contribution in [0.15, 0.2) is 52.4 Å². The molecular formula is C23H29N5O4S. The lowest BCUT2D eigenvalue weighted by molar-refractivity contribution is 0.246. The van der Waals surface area contributed by atoms with E-state index in [-0.39, 0.29) is 29.5 Å². The van der Waals surface area contributed by atoms with E-state index in [1.54, 1.807) is 24.1 Å². The number of nitrogens with one attached hydrogen (secondary N) is 1. The fourth-order valence-corrected chi connectivity index (χ4v) is 5.50. The zero-order valence-corrected chi connectivity index (χ0v) is 19.6. The molecule has 0 spiro atoms. The van der Waals surface area contributed by atoms with E-state index in [0.29, 0.717) is 25.3 Å². The number of urea groups is 1. The predicted octanol–water partition coefficient (Wildman–Crippen LogP) is 2.63. The van der Waals surface area contributed by atoms with Crippen LogP contribution in [0.25, 0.3) is 0 Å². The van der Waals surface area contributed by atoms with E-state index < -0.39 is 10.0 Å². The summed E-state index contributed by atoms with van der Waals surface area (Å²) in [7, 11) is -2.30. The Morgan fingerprint density at radius 3 is 2.70 bits per heavy atom. The van der Waals surface area contributed by atoms with Crippen LogP contribution in [0.4, 0.5) is 10.5 Å². The molecule has 0 radical (unpaired) electrons. The number of nitrogens with two attached hydrogens (primary N) is 1. The number of nitrogens with zero attached hydrogens (tertiary/aromatic N) is 3. The van der Waals surface area contributed by atoms with E-state index in [4.69, 9.17) is 10.5 Å². The van der Waals surface area contributed by atoms with Crippen molar-refractivity contribution in [1.82, 2.24) is 9.62 Å². The zero-order valence-electron chi connectivity index (χ0n) is 18.8. The van der Waals surface area contributed by atoms with Gasteiger partial charge in [0.05, 0.1) is 24.6 Å². The van der Waals surface area contributed by atoms with E-state index in [1.807, 2.05) is 24.3 Å². The van der Waals surface area contributed by atoms with E-state index >= 15 is 0 Å². The van der Waals surface area contributed by atoms with Gasteiger partial charge in [-0.15, -0.1) is 0 Å². The second-order valence-electron chi connectivity index (χ2n) is 8.09. The van der Waals surface area contributed by atoms with Gasteiger partial charge in [-0.2, -0.15) is 0 Å². The third-order valence-corrected chi connectivity index (χ3v) is 7.74. The fourth-order valence-electron chi connectivity index (χ4n) is 4.09. The first-order valence-corrected chi connectivity index (χ1v) is 12.5. The number of aliphatic imine (C=N–C) groups is 1. The summed E-state index contributed by atoms with van der Waals surface area (Å²) in [6.07, 6.45) is 2.51. The number of sulfonamides is 1. The molecular weight excluding hydrogens is 442 g/mol. The van der Waals surface area contributed by atoms with Crippen molar-refractivity contribution in [2.75, 3.05) is 31.6 Å². The molecule has 0 fully saturated rings. The highest BCUT2D eigenvalue weighted by atomic mass is 32.2. The van der Waals surface area contributed by atoms with Crippen molar-refractivity contribution in [3.05, 3.63) is 53.6 Å². The zero-order chi connectivity index (χ0) is 23.6. The van der Waals surface area contributed by atoms with Crippen LogP contribution < -0.4 is 20.7 Å². The molecule has 0 saturated carbocycles. The average molecular weight is 472 g/mol. The molecule has 0 aliphatic carbocycles. The number of anilines is 1. The monoisotopic (exact) mass is 471 g/mol. The summed E-state index contributed by atoms with van der Waals surface area (Å²) in [4.78, 5) is 18.6. The minimum Gasteiger partial charge on any atom is -0.497 e. The molecule has 2 amide bonds. The van der Waals surface area contributed by atoms with Crippen molar-refractivity contribution in [1.29, 1.82) is 0 Å². The number of carbonyl (C=O) groups is 1. The summed E-state index contributed by atoms with van der Waals surface area (Å²) in [5, 5.41) is 2.91. The van der Waals surface area contributed by atoms with Crippen molar-refractivity contribution >= 4 is 27.7 Å². The molecule has 10 heteroatoms. The molecule has 0 bridgehead atoms. The number of ether oxygens (including phenoxy) is 1. The van der Waals surface area contributed by atoms with Crippen molar-refractivity contribution in [2.24, 2.45) is 10.7 Å². The van der Waals surface area contributed by atoms with Crippen LogP contribution in [0.3, 0.4) is 0 Å². The maximum absolute atomic E-state index is 13.4. The van der Waals surface area contributed by atoms with Crippen LogP contribution in [0, 0.1) is 0 Å². The van der Waals surface area contributed by atoms with Crippen LogP contribution in [0.5, 0.6) is 5.75 Å². The van der Waals surface area contributed by atoms with Crippen LogP contribution >= 0.6 is 0 Å². The Bertz CT molecular complexity index is 1160. The molecule has 0 aromatic heterocycles. The van der Waals surface area contributed by atoms with Gasteiger partial charge >= 0.3 is 6.03 Å². The van der Waals surface area contributed by atoms with Crippen molar-refractivity contribution < 1.29 is 17.9 Å². The van der Waals surface area contributed by atoms with Gasteiger partial charge in [0.25, 0.3) is 10.0 Å². The summed E-state index contributed by atoms with van der Waals surface area (Å²) < 4.78 is 33.0. The van der Waals surface area contributed by atoms with Crippen LogP contribution in [0.1, 0.15) is 36.9 Å². The molecule has 176 valence electrons. The molecule has 2 aliphatic heterocycles. The van der Waals surface area contributed by atoms with E-state index in [0.717, 1.165) is 34.0 Å². The molecule has 4 rings (SSSR count). The number of methoxy groups -OCH3 is 1. The van der Waals surface area contributed by atoms with E-state index in [9.17, 15) is 13.2 Å². The Kier molecular flexibility index (Phi) is 6.46. The first-order chi connectivity index (χ1) is 15.8. The third kappa shape index (κ3) is 4.47. The third-order valence-electron chi connectivity index (χ3n) is 5.97. The SMILES string of the molecule is CCCCNC(=O)N1CCc2cc(S(=O)(=O)N3C[C@H](c4ccc(OC)cc4)N=C3N)ccc21. The van der Waals surface area contributed by atoms with Gasteiger partial charge in [-0.05, 0) is 54.3 Å². The largest absolute Gasteiger partial charge is 0.497 e. The number of amides is 2. The summed E-state index contributed by atoms with van der Waals surface area (Å²) in [6.45, 7) is 3.33. The number of hydrogen-bond donors (Lipinski definition) is 2. The van der Waals surface area contributed by atoms with Crippen LogP contribution in [-0.2, 0) is 16.4 Å². The molecule has 1 atom stereocenters. The number of carbonyl (C=O) groups excluding carboxylic acids is 1. The van der Waals surface area contributed by atoms with Gasteiger partial charge in [-0.1, -0.05) is 25.5 Å². The summed E-state index contributed by atoms with van der Waals surface area (Å²) in [5.41, 5.74) is 8.45. The van der Waals surface area contributed by atoms with Crippen molar-refractivity contribution in [3.63, 3.8) is 0 Å². The highest BCUT2D eigenvalue weighted by Crippen LogP contribution is 2.33. The predicted molar refractivity (Wildman–Crippen MR) is 127 cm³/mol. The average Bonchev–Trinajstić information content (AvgIpc) is 3.43. The standard InChI is InChI=1S/C23H29N5O4S/c1-3-4-12-25-23(29)27-13-11-17-14-19(9-10-21(17)27)33(30,31)28-15-20(26-22(28)24)16-5-7-18(32-2)8-6-16/h5-10,14,20H,3-4,11-13,15H2,1-2H3,(H2,24,26)(H,25,29)/t20-/m1/s1. The molecule has 0 unspecified atom stereocenters. The Morgan fingerprint density at radius 2 is 2.00 bits per heavy atom. The lowest BCUT2D eigenvalue weighted by Gasteiger charge is -2.21. The second-order valence-corrected chi connectivity index (χ2v) is 9.95. The number of fused-ring (bicyclic) bond motifs is 1. The number of benzene rings is 2. The van der Waals surface area contributed by atoms with Crippen molar-refractivity contribution in [3.8, 4) is 5.75 Å². The van der Waals surface area contributed by atoms with E-state index in [2.05, 4.69) is 17.2 Å².